The Bertz CT molecular complexity index is 651. The summed E-state index contributed by atoms with van der Waals surface area (Å²) in [6, 6.07) is 12.8. The van der Waals surface area contributed by atoms with Gasteiger partial charge in [-0.15, -0.1) is 23.7 Å². The summed E-state index contributed by atoms with van der Waals surface area (Å²) in [6.45, 7) is 6.19. The van der Waals surface area contributed by atoms with E-state index in [0.717, 1.165) is 31.5 Å². The first kappa shape index (κ1) is 20.0. The van der Waals surface area contributed by atoms with Crippen LogP contribution in [0.1, 0.15) is 54.7 Å². The van der Waals surface area contributed by atoms with Crippen molar-refractivity contribution >= 4 is 29.7 Å². The van der Waals surface area contributed by atoms with E-state index in [1.165, 1.54) is 10.4 Å². The lowest BCUT2D eigenvalue weighted by Crippen LogP contribution is -2.35. The van der Waals surface area contributed by atoms with Crippen molar-refractivity contribution in [2.75, 3.05) is 13.1 Å². The molecule has 0 saturated carbocycles. The maximum absolute atomic E-state index is 12.6. The number of halogens is 1. The Balaban J connectivity index is 0.00000225. The number of benzene rings is 1. The highest BCUT2D eigenvalue weighted by Crippen LogP contribution is 2.28. The van der Waals surface area contributed by atoms with E-state index in [9.17, 15) is 4.79 Å². The van der Waals surface area contributed by atoms with Crippen LogP contribution in [-0.2, 0) is 4.79 Å². The Kier molecular flexibility index (Phi) is 7.48. The topological polar surface area (TPSA) is 41.1 Å². The summed E-state index contributed by atoms with van der Waals surface area (Å²) < 4.78 is 0. The monoisotopic (exact) mass is 378 g/mol. The van der Waals surface area contributed by atoms with Gasteiger partial charge in [-0.2, -0.15) is 0 Å². The van der Waals surface area contributed by atoms with Crippen molar-refractivity contribution in [1.82, 2.24) is 10.6 Å². The fraction of sp³-hybridized carbons (Fsp3) is 0.450. The zero-order chi connectivity index (χ0) is 16.9. The van der Waals surface area contributed by atoms with Gasteiger partial charge in [0.2, 0.25) is 5.91 Å². The van der Waals surface area contributed by atoms with Crippen molar-refractivity contribution in [2.45, 2.75) is 38.6 Å². The van der Waals surface area contributed by atoms with Gasteiger partial charge < -0.3 is 10.6 Å². The van der Waals surface area contributed by atoms with E-state index >= 15 is 0 Å². The van der Waals surface area contributed by atoms with E-state index in [2.05, 4.69) is 60.2 Å². The third-order valence-electron chi connectivity index (χ3n) is 5.00. The van der Waals surface area contributed by atoms with Crippen LogP contribution < -0.4 is 10.6 Å². The highest BCUT2D eigenvalue weighted by Gasteiger charge is 2.26. The third kappa shape index (κ3) is 4.84. The van der Waals surface area contributed by atoms with E-state index in [0.29, 0.717) is 5.92 Å². The second-order valence-electron chi connectivity index (χ2n) is 6.62. The molecule has 2 heterocycles. The number of carbonyl (C=O) groups excluding carboxylic acids is 1. The first-order chi connectivity index (χ1) is 11.7. The predicted octanol–water partition coefficient (Wildman–Crippen LogP) is 4.50. The third-order valence-corrected chi connectivity index (χ3v) is 5.93. The Morgan fingerprint density at radius 2 is 2.00 bits per heavy atom. The van der Waals surface area contributed by atoms with Crippen molar-refractivity contribution in [2.24, 2.45) is 5.92 Å². The average Bonchev–Trinajstić information content (AvgIpc) is 3.32. The molecule has 0 bridgehead atoms. The molecule has 3 nitrogen and oxygen atoms in total. The Morgan fingerprint density at radius 3 is 2.56 bits per heavy atom. The highest BCUT2D eigenvalue weighted by molar-refractivity contribution is 7.10. The molecule has 3 rings (SSSR count). The highest BCUT2D eigenvalue weighted by atomic mass is 35.5. The summed E-state index contributed by atoms with van der Waals surface area (Å²) in [7, 11) is 0. The Hall–Kier alpha value is -1.36. The summed E-state index contributed by atoms with van der Waals surface area (Å²) in [4.78, 5) is 13.8. The minimum Gasteiger partial charge on any atom is -0.344 e. The van der Waals surface area contributed by atoms with E-state index in [1.807, 2.05) is 6.07 Å². The molecule has 2 N–H and O–H groups in total. The number of carbonyl (C=O) groups is 1. The second kappa shape index (κ2) is 9.37. The van der Waals surface area contributed by atoms with Crippen molar-refractivity contribution in [3.63, 3.8) is 0 Å². The first-order valence-electron chi connectivity index (χ1n) is 8.83. The molecule has 1 amide bonds. The van der Waals surface area contributed by atoms with E-state index in [-0.39, 0.29) is 30.3 Å². The lowest BCUT2D eigenvalue weighted by molar-refractivity contribution is -0.124. The summed E-state index contributed by atoms with van der Waals surface area (Å²) in [5, 5.41) is 8.61. The van der Waals surface area contributed by atoms with Crippen molar-refractivity contribution in [1.29, 1.82) is 0 Å². The first-order valence-corrected chi connectivity index (χ1v) is 9.71. The van der Waals surface area contributed by atoms with Gasteiger partial charge in [0.25, 0.3) is 0 Å². The quantitative estimate of drug-likeness (QED) is 0.777. The largest absolute Gasteiger partial charge is 0.344 e. The molecule has 3 atom stereocenters. The van der Waals surface area contributed by atoms with Crippen LogP contribution in [0.4, 0.5) is 0 Å². The van der Waals surface area contributed by atoms with Gasteiger partial charge in [0.1, 0.15) is 0 Å². The number of rotatable bonds is 6. The van der Waals surface area contributed by atoms with Crippen molar-refractivity contribution in [3.05, 3.63) is 57.8 Å². The van der Waals surface area contributed by atoms with Crippen LogP contribution in [0.3, 0.4) is 0 Å². The molecule has 2 aromatic rings. The minimum absolute atomic E-state index is 0. The van der Waals surface area contributed by atoms with Crippen LogP contribution in [0.2, 0.25) is 0 Å². The molecule has 1 fully saturated rings. The normalized spacial score (nSPS) is 19.0. The maximum atomic E-state index is 12.6. The van der Waals surface area contributed by atoms with E-state index in [1.54, 1.807) is 11.3 Å². The van der Waals surface area contributed by atoms with Crippen LogP contribution in [0, 0.1) is 5.92 Å². The number of amides is 1. The van der Waals surface area contributed by atoms with Crippen molar-refractivity contribution in [3.8, 4) is 0 Å². The van der Waals surface area contributed by atoms with Gasteiger partial charge in [0, 0.05) is 11.4 Å². The summed E-state index contributed by atoms with van der Waals surface area (Å²) in [6.07, 6.45) is 2.06. The lowest BCUT2D eigenvalue weighted by atomic mass is 9.95. The Morgan fingerprint density at radius 1 is 1.28 bits per heavy atom. The average molecular weight is 379 g/mol. The lowest BCUT2D eigenvalue weighted by Gasteiger charge is -2.21. The molecule has 0 aliphatic carbocycles. The van der Waals surface area contributed by atoms with Crippen LogP contribution in [0.15, 0.2) is 41.8 Å². The Labute approximate surface area is 160 Å². The van der Waals surface area contributed by atoms with Gasteiger partial charge in [0.05, 0.1) is 12.0 Å². The summed E-state index contributed by atoms with van der Waals surface area (Å²) in [5.74, 6) is 0.814. The molecule has 1 saturated heterocycles. The van der Waals surface area contributed by atoms with E-state index < -0.39 is 0 Å². The maximum Gasteiger partial charge on any atom is 0.225 e. The van der Waals surface area contributed by atoms with Gasteiger partial charge in [-0.3, -0.25) is 4.79 Å². The number of hydrogen-bond donors (Lipinski definition) is 2. The zero-order valence-electron chi connectivity index (χ0n) is 14.8. The zero-order valence-corrected chi connectivity index (χ0v) is 16.5. The number of hydrogen-bond acceptors (Lipinski definition) is 3. The number of thiophene rings is 1. The molecular weight excluding hydrogens is 352 g/mol. The van der Waals surface area contributed by atoms with Gasteiger partial charge in [-0.25, -0.2) is 0 Å². The molecule has 3 unspecified atom stereocenters. The van der Waals surface area contributed by atoms with Crippen molar-refractivity contribution < 1.29 is 4.79 Å². The van der Waals surface area contributed by atoms with Crippen LogP contribution in [0.5, 0.6) is 0 Å². The molecule has 1 aliphatic heterocycles. The summed E-state index contributed by atoms with van der Waals surface area (Å²) >= 11 is 1.70. The van der Waals surface area contributed by atoms with E-state index in [4.69, 9.17) is 0 Å². The summed E-state index contributed by atoms with van der Waals surface area (Å²) in [5.41, 5.74) is 2.52. The molecular formula is C20H27ClN2OS. The number of nitrogens with one attached hydrogen (secondary N) is 2. The van der Waals surface area contributed by atoms with Crippen LogP contribution in [0.25, 0.3) is 0 Å². The fourth-order valence-electron chi connectivity index (χ4n) is 3.17. The SMILES string of the molecule is CCC(C)c1ccc(C(NC(=O)C2CCNC2)c2cccs2)cc1.Cl. The predicted molar refractivity (Wildman–Crippen MR) is 108 cm³/mol. The molecule has 0 radical (unpaired) electrons. The molecule has 1 aromatic heterocycles. The fourth-order valence-corrected chi connectivity index (χ4v) is 3.97. The smallest absolute Gasteiger partial charge is 0.225 e. The molecule has 1 aliphatic rings. The van der Waals surface area contributed by atoms with Gasteiger partial charge in [0.15, 0.2) is 0 Å². The van der Waals surface area contributed by atoms with Gasteiger partial charge >= 0.3 is 0 Å². The molecule has 1 aromatic carbocycles. The molecule has 136 valence electrons. The standard InChI is InChI=1S/C20H26N2OS.ClH/c1-3-14(2)15-6-8-16(9-7-15)19(18-5-4-12-24-18)22-20(23)17-10-11-21-13-17;/h4-9,12,14,17,19,21H,3,10-11,13H2,1-2H3,(H,22,23);1H. The molecule has 0 spiro atoms. The molecule has 25 heavy (non-hydrogen) atoms. The van der Waals surface area contributed by atoms with Crippen LogP contribution >= 0.6 is 23.7 Å². The minimum atomic E-state index is -0.0518. The molecule has 5 heteroatoms. The van der Waals surface area contributed by atoms with Gasteiger partial charge in [-0.05, 0) is 47.9 Å². The second-order valence-corrected chi connectivity index (χ2v) is 7.60. The van der Waals surface area contributed by atoms with Crippen LogP contribution in [-0.4, -0.2) is 19.0 Å². The van der Waals surface area contributed by atoms with Gasteiger partial charge in [-0.1, -0.05) is 44.2 Å².